The molecule has 0 bridgehead atoms. The molecule has 1 aliphatic heterocycles. The second-order valence-corrected chi connectivity index (χ2v) is 4.74. The number of halogens is 3. The van der Waals surface area contributed by atoms with E-state index in [1.807, 2.05) is 0 Å². The van der Waals surface area contributed by atoms with Crippen LogP contribution in [0.5, 0.6) is 0 Å². The topological polar surface area (TPSA) is 66.6 Å². The molecule has 20 heavy (non-hydrogen) atoms. The molecule has 1 N–H and O–H groups in total. The van der Waals surface area contributed by atoms with Gasteiger partial charge in [-0.15, -0.1) is 0 Å². The molecule has 1 aromatic carbocycles. The van der Waals surface area contributed by atoms with E-state index in [1.165, 1.54) is 6.07 Å². The summed E-state index contributed by atoms with van der Waals surface area (Å²) in [6.45, 7) is 0.960. The molecule has 1 fully saturated rings. The minimum absolute atomic E-state index is 0.0182. The number of nitro groups is 1. The molecular weight excluding hydrogens is 277 g/mol. The van der Waals surface area contributed by atoms with Crippen LogP contribution in [0.1, 0.15) is 12.0 Å². The first kappa shape index (κ1) is 14.6. The largest absolute Gasteiger partial charge is 0.423 e. The molecule has 0 spiro atoms. The van der Waals surface area contributed by atoms with E-state index in [2.05, 4.69) is 0 Å². The lowest BCUT2D eigenvalue weighted by atomic mass is 10.1. The number of nitro benzene ring substituents is 1. The van der Waals surface area contributed by atoms with Crippen molar-refractivity contribution >= 4 is 11.4 Å². The summed E-state index contributed by atoms with van der Waals surface area (Å²) in [5.74, 6) is 0.0273. The fourth-order valence-corrected chi connectivity index (χ4v) is 2.32. The van der Waals surface area contributed by atoms with Crippen LogP contribution in [0.2, 0.25) is 0 Å². The van der Waals surface area contributed by atoms with Crippen LogP contribution in [0.3, 0.4) is 0 Å². The van der Waals surface area contributed by atoms with E-state index in [0.717, 1.165) is 12.1 Å². The third-order valence-electron chi connectivity index (χ3n) is 3.39. The van der Waals surface area contributed by atoms with E-state index in [4.69, 9.17) is 5.11 Å². The predicted octanol–water partition coefficient (Wildman–Crippen LogP) is 2.43. The first-order chi connectivity index (χ1) is 9.32. The Bertz CT molecular complexity index is 519. The van der Waals surface area contributed by atoms with Crippen LogP contribution in [-0.4, -0.2) is 29.7 Å². The second-order valence-electron chi connectivity index (χ2n) is 4.74. The highest BCUT2D eigenvalue weighted by Crippen LogP contribution is 2.39. The van der Waals surface area contributed by atoms with Crippen molar-refractivity contribution in [3.63, 3.8) is 0 Å². The molecule has 1 aliphatic rings. The number of hydrogen-bond donors (Lipinski definition) is 1. The zero-order chi connectivity index (χ0) is 14.9. The third kappa shape index (κ3) is 2.84. The number of alkyl halides is 3. The summed E-state index contributed by atoms with van der Waals surface area (Å²) in [5.41, 5.74) is -1.90. The van der Waals surface area contributed by atoms with Crippen molar-refractivity contribution in [2.75, 3.05) is 24.6 Å². The highest BCUT2D eigenvalue weighted by atomic mass is 19.4. The van der Waals surface area contributed by atoms with E-state index in [1.54, 1.807) is 4.90 Å². The normalized spacial score (nSPS) is 19.4. The highest BCUT2D eigenvalue weighted by Gasteiger charge is 2.39. The third-order valence-corrected chi connectivity index (χ3v) is 3.39. The summed E-state index contributed by atoms with van der Waals surface area (Å²) >= 11 is 0. The molecule has 0 saturated carbocycles. The van der Waals surface area contributed by atoms with Gasteiger partial charge in [-0.05, 0) is 18.6 Å². The van der Waals surface area contributed by atoms with E-state index < -0.39 is 22.4 Å². The van der Waals surface area contributed by atoms with Gasteiger partial charge in [-0.3, -0.25) is 10.1 Å². The Morgan fingerprint density at radius 3 is 2.65 bits per heavy atom. The molecule has 8 heteroatoms. The van der Waals surface area contributed by atoms with Crippen LogP contribution in [0.4, 0.5) is 24.5 Å². The summed E-state index contributed by atoms with van der Waals surface area (Å²) in [5, 5.41) is 19.7. The fourth-order valence-electron chi connectivity index (χ4n) is 2.32. The van der Waals surface area contributed by atoms with Gasteiger partial charge in [0.05, 0.1) is 4.92 Å². The maximum atomic E-state index is 12.9. The van der Waals surface area contributed by atoms with Crippen molar-refractivity contribution in [2.45, 2.75) is 12.6 Å². The van der Waals surface area contributed by atoms with E-state index in [9.17, 15) is 23.3 Å². The van der Waals surface area contributed by atoms with Crippen LogP contribution < -0.4 is 4.90 Å². The number of aliphatic hydroxyl groups excluding tert-OH is 1. The van der Waals surface area contributed by atoms with Gasteiger partial charge in [-0.25, -0.2) is 0 Å². The SMILES string of the molecule is O=[N+]([O-])c1ccc(N2CCC(CO)C2)cc1C(F)(F)F. The number of hydrogen-bond acceptors (Lipinski definition) is 4. The fraction of sp³-hybridized carbons (Fsp3) is 0.500. The van der Waals surface area contributed by atoms with Gasteiger partial charge < -0.3 is 10.0 Å². The molecule has 0 amide bonds. The lowest BCUT2D eigenvalue weighted by molar-refractivity contribution is -0.388. The Balaban J connectivity index is 2.35. The molecule has 0 radical (unpaired) electrons. The summed E-state index contributed by atoms with van der Waals surface area (Å²) in [6, 6.07) is 3.00. The lowest BCUT2D eigenvalue weighted by Gasteiger charge is -2.19. The van der Waals surface area contributed by atoms with E-state index >= 15 is 0 Å². The first-order valence-corrected chi connectivity index (χ1v) is 6.04. The number of rotatable bonds is 3. The van der Waals surface area contributed by atoms with Crippen molar-refractivity contribution in [1.82, 2.24) is 0 Å². The number of nitrogens with zero attached hydrogens (tertiary/aromatic N) is 2. The Labute approximate surface area is 112 Å². The average Bonchev–Trinajstić information content (AvgIpc) is 2.85. The molecule has 1 heterocycles. The summed E-state index contributed by atoms with van der Waals surface area (Å²) in [6.07, 6.45) is -4.08. The van der Waals surface area contributed by atoms with Crippen LogP contribution in [0, 0.1) is 16.0 Å². The summed E-state index contributed by atoms with van der Waals surface area (Å²) < 4.78 is 38.6. The standard InChI is InChI=1S/C12H13F3N2O3/c13-12(14,15)10-5-9(1-2-11(10)17(19)20)16-4-3-8(6-16)7-18/h1-2,5,8,18H,3-4,6-7H2. The van der Waals surface area contributed by atoms with Crippen molar-refractivity contribution < 1.29 is 23.2 Å². The van der Waals surface area contributed by atoms with Gasteiger partial charge in [0.1, 0.15) is 5.56 Å². The molecule has 1 atom stereocenters. The van der Waals surface area contributed by atoms with Gasteiger partial charge >= 0.3 is 6.18 Å². The molecule has 0 aliphatic carbocycles. The van der Waals surface area contributed by atoms with Crippen LogP contribution in [0.15, 0.2) is 18.2 Å². The lowest BCUT2D eigenvalue weighted by Crippen LogP contribution is -2.21. The van der Waals surface area contributed by atoms with Crippen molar-refractivity contribution in [1.29, 1.82) is 0 Å². The Kier molecular flexibility index (Phi) is 3.85. The number of benzene rings is 1. The van der Waals surface area contributed by atoms with Crippen molar-refractivity contribution in [3.05, 3.63) is 33.9 Å². The van der Waals surface area contributed by atoms with Crippen LogP contribution >= 0.6 is 0 Å². The minimum Gasteiger partial charge on any atom is -0.396 e. The molecule has 1 saturated heterocycles. The molecule has 5 nitrogen and oxygen atoms in total. The molecule has 2 rings (SSSR count). The maximum Gasteiger partial charge on any atom is 0.423 e. The Hall–Kier alpha value is -1.83. The maximum absolute atomic E-state index is 12.9. The van der Waals surface area contributed by atoms with E-state index in [-0.39, 0.29) is 12.5 Å². The molecule has 110 valence electrons. The molecule has 1 unspecified atom stereocenters. The van der Waals surface area contributed by atoms with Gasteiger partial charge in [-0.1, -0.05) is 0 Å². The van der Waals surface area contributed by atoms with Gasteiger partial charge in [-0.2, -0.15) is 13.2 Å². The van der Waals surface area contributed by atoms with Gasteiger partial charge in [0.15, 0.2) is 0 Å². The Morgan fingerprint density at radius 1 is 1.45 bits per heavy atom. The number of anilines is 1. The monoisotopic (exact) mass is 290 g/mol. The molecule has 0 aromatic heterocycles. The zero-order valence-corrected chi connectivity index (χ0v) is 10.4. The van der Waals surface area contributed by atoms with Gasteiger partial charge in [0, 0.05) is 37.4 Å². The van der Waals surface area contributed by atoms with Crippen molar-refractivity contribution in [3.8, 4) is 0 Å². The first-order valence-electron chi connectivity index (χ1n) is 6.04. The summed E-state index contributed by atoms with van der Waals surface area (Å²) in [7, 11) is 0. The molecular formula is C12H13F3N2O3. The highest BCUT2D eigenvalue weighted by molar-refractivity contribution is 5.57. The van der Waals surface area contributed by atoms with Crippen LogP contribution in [-0.2, 0) is 6.18 Å². The molecule has 1 aromatic rings. The van der Waals surface area contributed by atoms with Gasteiger partial charge in [0.25, 0.3) is 5.69 Å². The Morgan fingerprint density at radius 2 is 2.15 bits per heavy atom. The van der Waals surface area contributed by atoms with Crippen LogP contribution in [0.25, 0.3) is 0 Å². The van der Waals surface area contributed by atoms with Crippen molar-refractivity contribution in [2.24, 2.45) is 5.92 Å². The second kappa shape index (κ2) is 5.28. The predicted molar refractivity (Wildman–Crippen MR) is 65.5 cm³/mol. The number of aliphatic hydroxyl groups is 1. The smallest absolute Gasteiger partial charge is 0.396 e. The summed E-state index contributed by atoms with van der Waals surface area (Å²) in [4.78, 5) is 11.3. The quantitative estimate of drug-likeness (QED) is 0.686. The van der Waals surface area contributed by atoms with Gasteiger partial charge in [0.2, 0.25) is 0 Å². The average molecular weight is 290 g/mol. The van der Waals surface area contributed by atoms with E-state index in [0.29, 0.717) is 25.2 Å². The zero-order valence-electron chi connectivity index (χ0n) is 10.4. The minimum atomic E-state index is -4.77.